The topological polar surface area (TPSA) is 266 Å². The Morgan fingerprint density at radius 3 is 2.21 bits per heavy atom. The number of hydrogen-bond acceptors (Lipinski definition) is 9. The maximum absolute atomic E-state index is 12.8. The van der Waals surface area contributed by atoms with E-state index in [2.05, 4.69) is 9.29 Å². The lowest BCUT2D eigenvalue weighted by Gasteiger charge is -2.14. The van der Waals surface area contributed by atoms with E-state index in [1.807, 2.05) is 0 Å². The van der Waals surface area contributed by atoms with Gasteiger partial charge in [0.15, 0.2) is 6.23 Å². The number of aliphatic hydroxyl groups excluding tert-OH is 2. The molecule has 0 aromatic carbocycles. The zero-order valence-electron chi connectivity index (χ0n) is 13.6. The molecule has 3 atom stereocenters. The number of aliphatic hydroxyl groups is 2. The van der Waals surface area contributed by atoms with Gasteiger partial charge in [-0.1, -0.05) is 0 Å². The largest absolute Gasteiger partial charge is 0.478 e. The summed E-state index contributed by atoms with van der Waals surface area (Å²) >= 11 is 0. The fourth-order valence-electron chi connectivity index (χ4n) is 1.91. The first-order chi connectivity index (χ1) is 12.3. The Kier molecular flexibility index (Phi) is 9.72. The summed E-state index contributed by atoms with van der Waals surface area (Å²) in [6, 6.07) is 1.35. The third-order valence-corrected chi connectivity index (χ3v) is 4.61. The summed E-state index contributed by atoms with van der Waals surface area (Å²) in [7, 11) is -10.1. The van der Waals surface area contributed by atoms with E-state index in [0.717, 1.165) is 4.57 Å². The Labute approximate surface area is 155 Å². The van der Waals surface area contributed by atoms with Gasteiger partial charge in [-0.05, 0) is 6.07 Å². The lowest BCUT2D eigenvalue weighted by atomic mass is 10.1. The number of nitrogens with zero attached hydrogens (tertiary/aromatic N) is 2. The van der Waals surface area contributed by atoms with Crippen molar-refractivity contribution < 1.29 is 57.8 Å². The molecule has 2 rings (SSSR count). The van der Waals surface area contributed by atoms with Crippen molar-refractivity contribution in [2.45, 2.75) is 18.4 Å². The third-order valence-electron chi connectivity index (χ3n) is 2.91. The molecule has 0 spiro atoms. The van der Waals surface area contributed by atoms with Gasteiger partial charge in [-0.3, -0.25) is 4.57 Å². The van der Waals surface area contributed by atoms with Gasteiger partial charge in [-0.15, -0.1) is 0 Å². The van der Waals surface area contributed by atoms with Crippen LogP contribution in [0.25, 0.3) is 0 Å². The molecule has 162 valence electrons. The van der Waals surface area contributed by atoms with E-state index in [0.29, 0.717) is 0 Å². The second kappa shape index (κ2) is 10.3. The van der Waals surface area contributed by atoms with E-state index in [-0.39, 0.29) is 23.2 Å². The first-order valence-electron chi connectivity index (χ1n) is 6.70. The third kappa shape index (κ3) is 7.83. The molecular formula is C10H18FN3O12P2. The SMILES string of the molecule is Nc1ccn([C@@H]2O[C@H](CO)[C@@H](O)/C2=C/F)c(=O)n1.O.O=P(O)(O)OP(=O)(O)O. The Morgan fingerprint density at radius 2 is 1.86 bits per heavy atom. The quantitative estimate of drug-likeness (QED) is 0.229. The zero-order valence-corrected chi connectivity index (χ0v) is 15.4. The number of hydrogen-bond donors (Lipinski definition) is 7. The second-order valence-corrected chi connectivity index (χ2v) is 7.48. The van der Waals surface area contributed by atoms with Crippen molar-refractivity contribution in [2.75, 3.05) is 12.3 Å². The van der Waals surface area contributed by atoms with Crippen molar-refractivity contribution in [1.29, 1.82) is 0 Å². The van der Waals surface area contributed by atoms with Crippen LogP contribution in [0.2, 0.25) is 0 Å². The maximum atomic E-state index is 12.8. The fraction of sp³-hybridized carbons (Fsp3) is 0.400. The molecule has 18 heteroatoms. The van der Waals surface area contributed by atoms with Crippen LogP contribution in [-0.2, 0) is 18.2 Å². The number of nitrogens with two attached hydrogens (primary N) is 1. The molecule has 1 aromatic rings. The summed E-state index contributed by atoms with van der Waals surface area (Å²) in [5.41, 5.74) is 4.45. The first kappa shape index (κ1) is 26.4. The van der Waals surface area contributed by atoms with Crippen molar-refractivity contribution in [1.82, 2.24) is 9.55 Å². The minimum atomic E-state index is -5.05. The summed E-state index contributed by atoms with van der Waals surface area (Å²) in [5.74, 6) is 0.0271. The van der Waals surface area contributed by atoms with Gasteiger partial charge in [0.25, 0.3) is 0 Å². The van der Waals surface area contributed by atoms with Gasteiger partial charge in [-0.2, -0.15) is 9.29 Å². The van der Waals surface area contributed by atoms with Crippen LogP contribution in [0.5, 0.6) is 0 Å². The van der Waals surface area contributed by atoms with Gasteiger partial charge in [-0.25, -0.2) is 18.3 Å². The average molecular weight is 453 g/mol. The monoisotopic (exact) mass is 453 g/mol. The van der Waals surface area contributed by atoms with Gasteiger partial charge in [0, 0.05) is 11.8 Å². The summed E-state index contributed by atoms with van der Waals surface area (Å²) in [6.45, 7) is -0.494. The maximum Gasteiger partial charge on any atom is 0.478 e. The van der Waals surface area contributed by atoms with Crippen LogP contribution in [0, 0.1) is 0 Å². The predicted octanol–water partition coefficient (Wildman–Crippen LogP) is -2.71. The van der Waals surface area contributed by atoms with E-state index in [9.17, 15) is 23.4 Å². The molecule has 1 saturated heterocycles. The molecule has 0 saturated carbocycles. The van der Waals surface area contributed by atoms with Gasteiger partial charge < -0.3 is 45.7 Å². The molecule has 2 heterocycles. The van der Waals surface area contributed by atoms with Crippen LogP contribution in [0.3, 0.4) is 0 Å². The lowest BCUT2D eigenvalue weighted by molar-refractivity contribution is -0.0447. The van der Waals surface area contributed by atoms with Crippen molar-refractivity contribution in [2.24, 2.45) is 0 Å². The van der Waals surface area contributed by atoms with Crippen LogP contribution in [0.15, 0.2) is 29.0 Å². The first-order valence-corrected chi connectivity index (χ1v) is 9.76. The Bertz CT molecular complexity index is 815. The molecule has 0 radical (unpaired) electrons. The van der Waals surface area contributed by atoms with Crippen LogP contribution in [0.1, 0.15) is 6.23 Å². The predicted molar refractivity (Wildman–Crippen MR) is 87.9 cm³/mol. The van der Waals surface area contributed by atoms with Crippen LogP contribution in [-0.4, -0.2) is 63.6 Å². The number of phosphoric acid groups is 2. The zero-order chi connectivity index (χ0) is 21.0. The van der Waals surface area contributed by atoms with Crippen molar-refractivity contribution in [3.63, 3.8) is 0 Å². The highest BCUT2D eigenvalue weighted by Gasteiger charge is 2.40. The normalized spacial score (nSPS) is 23.7. The lowest BCUT2D eigenvalue weighted by Crippen LogP contribution is -2.28. The van der Waals surface area contributed by atoms with E-state index in [4.69, 9.17) is 35.2 Å². The molecule has 0 unspecified atom stereocenters. The molecule has 1 aliphatic rings. The van der Waals surface area contributed by atoms with Crippen LogP contribution in [0.4, 0.5) is 10.2 Å². The minimum Gasteiger partial charge on any atom is -0.412 e. The van der Waals surface area contributed by atoms with Crippen molar-refractivity contribution >= 4 is 21.5 Å². The summed E-state index contributed by atoms with van der Waals surface area (Å²) in [5, 5.41) is 18.6. The molecule has 10 N–H and O–H groups in total. The number of rotatable bonds is 4. The molecule has 0 amide bonds. The fourth-order valence-corrected chi connectivity index (χ4v) is 3.02. The molecule has 0 bridgehead atoms. The number of nitrogen functional groups attached to an aromatic ring is 1. The Balaban J connectivity index is 0.000000627. The van der Waals surface area contributed by atoms with Gasteiger partial charge in [0.1, 0.15) is 18.0 Å². The average Bonchev–Trinajstić information content (AvgIpc) is 2.80. The Hall–Kier alpha value is -1.55. The highest BCUT2D eigenvalue weighted by molar-refractivity contribution is 7.60. The van der Waals surface area contributed by atoms with Crippen LogP contribution < -0.4 is 11.4 Å². The van der Waals surface area contributed by atoms with E-state index < -0.39 is 46.4 Å². The summed E-state index contributed by atoms with van der Waals surface area (Å²) in [6.07, 6.45) is -1.99. The second-order valence-electron chi connectivity index (χ2n) is 4.87. The number of anilines is 1. The number of aromatic nitrogens is 2. The van der Waals surface area contributed by atoms with Gasteiger partial charge >= 0.3 is 21.3 Å². The summed E-state index contributed by atoms with van der Waals surface area (Å²) in [4.78, 5) is 46.1. The molecular weight excluding hydrogens is 435 g/mol. The number of halogens is 1. The van der Waals surface area contributed by atoms with E-state index >= 15 is 0 Å². The van der Waals surface area contributed by atoms with E-state index in [1.165, 1.54) is 12.3 Å². The highest BCUT2D eigenvalue weighted by atomic mass is 31.3. The van der Waals surface area contributed by atoms with Crippen molar-refractivity contribution in [3.05, 3.63) is 34.7 Å². The molecule has 1 aliphatic heterocycles. The molecule has 15 nitrogen and oxygen atoms in total. The summed E-state index contributed by atoms with van der Waals surface area (Å²) < 4.78 is 41.2. The van der Waals surface area contributed by atoms with E-state index in [1.54, 1.807) is 0 Å². The standard InChI is InChI=1S/C10H12FN3O4.H4O7P2.H2O/c11-3-5-8(16)6(4-15)18-9(5)14-2-1-7(12)13-10(14)17;1-8(2,3)7-9(4,5)6;/h1-3,6,8-9,15-16H,4H2,(H2,12,13,17);(H2,1,2,3)(H2,4,5,6);1H2/b5-3-;;/t6-,8+,9-;;/m1../s1. The molecule has 1 aromatic heterocycles. The van der Waals surface area contributed by atoms with Crippen molar-refractivity contribution in [3.8, 4) is 0 Å². The highest BCUT2D eigenvalue weighted by Crippen LogP contribution is 2.53. The number of ether oxygens (including phenoxy) is 1. The smallest absolute Gasteiger partial charge is 0.412 e. The minimum absolute atomic E-state index is 0. The molecule has 1 fully saturated rings. The molecule has 0 aliphatic carbocycles. The van der Waals surface area contributed by atoms with Gasteiger partial charge in [0.2, 0.25) is 0 Å². The Morgan fingerprint density at radius 1 is 1.32 bits per heavy atom. The van der Waals surface area contributed by atoms with Crippen LogP contribution >= 0.6 is 15.6 Å². The molecule has 28 heavy (non-hydrogen) atoms. The van der Waals surface area contributed by atoms with Gasteiger partial charge in [0.05, 0.1) is 12.9 Å².